The van der Waals surface area contributed by atoms with Crippen molar-refractivity contribution in [2.75, 3.05) is 38.8 Å². The van der Waals surface area contributed by atoms with Crippen molar-refractivity contribution in [3.63, 3.8) is 0 Å². The van der Waals surface area contributed by atoms with Gasteiger partial charge in [0.05, 0.1) is 13.7 Å². The van der Waals surface area contributed by atoms with Crippen molar-refractivity contribution in [1.29, 1.82) is 0 Å². The molecule has 0 unspecified atom stereocenters. The van der Waals surface area contributed by atoms with E-state index in [2.05, 4.69) is 4.98 Å². The Hall–Kier alpha value is -1.14. The normalized spacial score (nSPS) is 14.5. The number of aryl methyl sites for hydroxylation is 1. The largest absolute Gasteiger partial charge is 0.464 e. The van der Waals surface area contributed by atoms with Gasteiger partial charge in [-0.15, -0.1) is 11.3 Å². The number of anilines is 1. The molecule has 2 rings (SSSR count). The Morgan fingerprint density at radius 2 is 2.26 bits per heavy atom. The zero-order valence-corrected chi connectivity index (χ0v) is 12.5. The second-order valence-corrected chi connectivity index (χ2v) is 6.01. The van der Waals surface area contributed by atoms with Crippen LogP contribution in [0.4, 0.5) is 5.13 Å². The third-order valence-electron chi connectivity index (χ3n) is 3.11. The molecule has 0 radical (unpaired) electrons. The summed E-state index contributed by atoms with van der Waals surface area (Å²) in [5.74, 6) is 0.414. The number of hydrogen-bond acceptors (Lipinski definition) is 6. The van der Waals surface area contributed by atoms with Gasteiger partial charge in [-0.3, -0.25) is 0 Å². The number of esters is 1. The zero-order chi connectivity index (χ0) is 13.8. The molecular weight excluding hydrogens is 264 g/mol. The van der Waals surface area contributed by atoms with Gasteiger partial charge >= 0.3 is 5.97 Å². The van der Waals surface area contributed by atoms with Crippen LogP contribution in [-0.4, -0.2) is 44.9 Å². The third kappa shape index (κ3) is 3.91. The van der Waals surface area contributed by atoms with Gasteiger partial charge in [-0.25, -0.2) is 9.78 Å². The van der Waals surface area contributed by atoms with E-state index in [1.165, 1.54) is 31.3 Å². The molecule has 0 N–H and O–H groups in total. The molecule has 1 fully saturated rings. The minimum Gasteiger partial charge on any atom is -0.464 e. The van der Waals surface area contributed by atoms with Crippen LogP contribution in [-0.2, 0) is 9.47 Å². The highest BCUT2D eigenvalue weighted by Gasteiger charge is 2.21. The van der Waals surface area contributed by atoms with Crippen molar-refractivity contribution in [2.45, 2.75) is 19.8 Å². The molecule has 106 valence electrons. The molecule has 0 spiro atoms. The Morgan fingerprint density at radius 3 is 2.89 bits per heavy atom. The SMILES string of the molecule is COC(=O)c1nc(N(C)CCOCC2CC2)sc1C. The number of carbonyl (C=O) groups excluding carboxylic acids is 1. The lowest BCUT2D eigenvalue weighted by Crippen LogP contribution is -2.23. The summed E-state index contributed by atoms with van der Waals surface area (Å²) in [4.78, 5) is 18.7. The minimum atomic E-state index is -0.376. The number of ether oxygens (including phenoxy) is 2. The lowest BCUT2D eigenvalue weighted by molar-refractivity contribution is 0.0594. The summed E-state index contributed by atoms with van der Waals surface area (Å²) in [6.07, 6.45) is 2.62. The fraction of sp³-hybridized carbons (Fsp3) is 0.692. The molecule has 1 aromatic heterocycles. The summed E-state index contributed by atoms with van der Waals surface area (Å²) in [7, 11) is 3.33. The fourth-order valence-electron chi connectivity index (χ4n) is 1.66. The van der Waals surface area contributed by atoms with Crippen LogP contribution in [0.2, 0.25) is 0 Å². The molecule has 1 aliphatic rings. The molecular formula is C13H20N2O3S. The average molecular weight is 284 g/mol. The Bertz CT molecular complexity index is 443. The highest BCUT2D eigenvalue weighted by atomic mass is 32.1. The van der Waals surface area contributed by atoms with Gasteiger partial charge in [0.1, 0.15) is 0 Å². The van der Waals surface area contributed by atoms with Crippen LogP contribution in [0.5, 0.6) is 0 Å². The van der Waals surface area contributed by atoms with Gasteiger partial charge in [0.15, 0.2) is 10.8 Å². The molecule has 0 bridgehead atoms. The van der Waals surface area contributed by atoms with Crippen LogP contribution in [0, 0.1) is 12.8 Å². The molecule has 0 aliphatic heterocycles. The van der Waals surface area contributed by atoms with Gasteiger partial charge in [0.25, 0.3) is 0 Å². The van der Waals surface area contributed by atoms with Crippen LogP contribution < -0.4 is 4.90 Å². The molecule has 0 aromatic carbocycles. The van der Waals surface area contributed by atoms with Crippen LogP contribution in [0.15, 0.2) is 0 Å². The van der Waals surface area contributed by atoms with E-state index in [0.717, 1.165) is 29.1 Å². The second kappa shape index (κ2) is 6.34. The van der Waals surface area contributed by atoms with Gasteiger partial charge in [-0.2, -0.15) is 0 Å². The quantitative estimate of drug-likeness (QED) is 0.567. The summed E-state index contributed by atoms with van der Waals surface area (Å²) in [5, 5.41) is 0.827. The van der Waals surface area contributed by atoms with Crippen molar-refractivity contribution in [3.05, 3.63) is 10.6 Å². The van der Waals surface area contributed by atoms with Crippen molar-refractivity contribution in [2.24, 2.45) is 5.92 Å². The summed E-state index contributed by atoms with van der Waals surface area (Å²) >= 11 is 1.50. The van der Waals surface area contributed by atoms with Crippen molar-refractivity contribution in [3.8, 4) is 0 Å². The first-order valence-corrected chi connectivity index (χ1v) is 7.28. The van der Waals surface area contributed by atoms with E-state index in [-0.39, 0.29) is 5.97 Å². The number of nitrogens with zero attached hydrogens (tertiary/aromatic N) is 2. The van der Waals surface area contributed by atoms with Gasteiger partial charge in [-0.1, -0.05) is 0 Å². The lowest BCUT2D eigenvalue weighted by atomic mass is 10.4. The second-order valence-electron chi connectivity index (χ2n) is 4.83. The van der Waals surface area contributed by atoms with Crippen molar-refractivity contribution < 1.29 is 14.3 Å². The Balaban J connectivity index is 1.83. The van der Waals surface area contributed by atoms with Crippen LogP contribution in [0.25, 0.3) is 0 Å². The number of rotatable bonds is 7. The highest BCUT2D eigenvalue weighted by Crippen LogP contribution is 2.29. The minimum absolute atomic E-state index is 0.376. The maximum Gasteiger partial charge on any atom is 0.357 e. The van der Waals surface area contributed by atoms with Gasteiger partial charge in [0.2, 0.25) is 0 Å². The molecule has 6 heteroatoms. The van der Waals surface area contributed by atoms with E-state index >= 15 is 0 Å². The average Bonchev–Trinajstić information content (AvgIpc) is 3.15. The molecule has 0 amide bonds. The maximum atomic E-state index is 11.5. The van der Waals surface area contributed by atoms with Crippen molar-refractivity contribution in [1.82, 2.24) is 4.98 Å². The number of aromatic nitrogens is 1. The molecule has 19 heavy (non-hydrogen) atoms. The molecule has 0 atom stereocenters. The van der Waals surface area contributed by atoms with E-state index in [1.807, 2.05) is 18.9 Å². The monoisotopic (exact) mass is 284 g/mol. The standard InChI is InChI=1S/C13H20N2O3S/c1-9-11(12(16)17-3)14-13(19-9)15(2)6-7-18-8-10-4-5-10/h10H,4-8H2,1-3H3. The molecule has 1 aromatic rings. The van der Waals surface area contributed by atoms with Gasteiger partial charge in [-0.05, 0) is 25.7 Å². The first kappa shape index (κ1) is 14.3. The van der Waals surface area contributed by atoms with E-state index in [9.17, 15) is 4.79 Å². The first-order chi connectivity index (χ1) is 9.11. The van der Waals surface area contributed by atoms with E-state index in [0.29, 0.717) is 12.3 Å². The maximum absolute atomic E-state index is 11.5. The zero-order valence-electron chi connectivity index (χ0n) is 11.6. The number of hydrogen-bond donors (Lipinski definition) is 0. The van der Waals surface area contributed by atoms with E-state index in [1.54, 1.807) is 0 Å². The Kier molecular flexibility index (Phi) is 4.76. The van der Waals surface area contributed by atoms with Gasteiger partial charge in [0, 0.05) is 25.1 Å². The lowest BCUT2D eigenvalue weighted by Gasteiger charge is -2.15. The Morgan fingerprint density at radius 1 is 1.53 bits per heavy atom. The Labute approximate surface area is 117 Å². The summed E-state index contributed by atoms with van der Waals surface area (Å²) in [6.45, 7) is 4.22. The van der Waals surface area contributed by atoms with Gasteiger partial charge < -0.3 is 14.4 Å². The third-order valence-corrected chi connectivity index (χ3v) is 4.20. The summed E-state index contributed by atoms with van der Waals surface area (Å²) in [5.41, 5.74) is 0.410. The number of carbonyl (C=O) groups is 1. The van der Waals surface area contributed by atoms with Crippen LogP contribution >= 0.6 is 11.3 Å². The van der Waals surface area contributed by atoms with Crippen LogP contribution in [0.3, 0.4) is 0 Å². The summed E-state index contributed by atoms with van der Waals surface area (Å²) in [6, 6.07) is 0. The van der Waals surface area contributed by atoms with Crippen LogP contribution in [0.1, 0.15) is 28.2 Å². The predicted molar refractivity (Wildman–Crippen MR) is 75.0 cm³/mol. The molecule has 1 heterocycles. The number of methoxy groups -OCH3 is 1. The predicted octanol–water partition coefficient (Wildman–Crippen LogP) is 2.10. The van der Waals surface area contributed by atoms with E-state index < -0.39 is 0 Å². The molecule has 0 saturated heterocycles. The number of likely N-dealkylation sites (N-methyl/N-ethyl adjacent to an activating group) is 1. The number of thiazole rings is 1. The molecule has 5 nitrogen and oxygen atoms in total. The highest BCUT2D eigenvalue weighted by molar-refractivity contribution is 7.15. The molecule has 1 aliphatic carbocycles. The smallest absolute Gasteiger partial charge is 0.357 e. The molecule has 1 saturated carbocycles. The topological polar surface area (TPSA) is 51.7 Å². The van der Waals surface area contributed by atoms with E-state index in [4.69, 9.17) is 9.47 Å². The summed E-state index contributed by atoms with van der Waals surface area (Å²) < 4.78 is 10.3. The first-order valence-electron chi connectivity index (χ1n) is 6.46. The van der Waals surface area contributed by atoms with Crippen molar-refractivity contribution >= 4 is 22.4 Å². The fourth-order valence-corrected chi connectivity index (χ4v) is 2.55.